The summed E-state index contributed by atoms with van der Waals surface area (Å²) in [7, 11) is -2.29. The van der Waals surface area contributed by atoms with E-state index < -0.39 is 32.6 Å². The van der Waals surface area contributed by atoms with Crippen LogP contribution in [-0.2, 0) is 14.6 Å². The lowest BCUT2D eigenvalue weighted by atomic mass is 9.81. The number of benzene rings is 2. The molecular formula is C19H19NO5S. The van der Waals surface area contributed by atoms with Crippen LogP contribution >= 0.6 is 0 Å². The molecule has 3 atom stereocenters. The van der Waals surface area contributed by atoms with Crippen molar-refractivity contribution in [2.75, 3.05) is 7.11 Å². The van der Waals surface area contributed by atoms with E-state index in [9.17, 15) is 13.2 Å². The number of hydrogen-bond donors (Lipinski definition) is 1. The van der Waals surface area contributed by atoms with Crippen LogP contribution in [0.2, 0.25) is 0 Å². The van der Waals surface area contributed by atoms with E-state index >= 15 is 0 Å². The molecule has 2 aliphatic heterocycles. The molecular weight excluding hydrogens is 354 g/mol. The number of methoxy groups -OCH3 is 1. The molecule has 26 heavy (non-hydrogen) atoms. The zero-order valence-electron chi connectivity index (χ0n) is 14.4. The van der Waals surface area contributed by atoms with Crippen molar-refractivity contribution in [3.8, 4) is 11.5 Å². The van der Waals surface area contributed by atoms with Crippen LogP contribution in [0.4, 0.5) is 0 Å². The third-order valence-electron chi connectivity index (χ3n) is 4.98. The number of carbonyl (C=O) groups is 1. The fourth-order valence-corrected chi connectivity index (χ4v) is 5.67. The van der Waals surface area contributed by atoms with Crippen molar-refractivity contribution >= 4 is 15.7 Å². The molecule has 0 saturated carbocycles. The topological polar surface area (TPSA) is 81.7 Å². The van der Waals surface area contributed by atoms with Gasteiger partial charge in [0, 0.05) is 18.4 Å². The summed E-state index contributed by atoms with van der Waals surface area (Å²) >= 11 is 0. The lowest BCUT2D eigenvalue weighted by Crippen LogP contribution is -2.63. The molecule has 136 valence electrons. The summed E-state index contributed by atoms with van der Waals surface area (Å²) < 4.78 is 37.6. The lowest BCUT2D eigenvalue weighted by Gasteiger charge is -2.46. The van der Waals surface area contributed by atoms with Crippen LogP contribution in [0, 0.1) is 0 Å². The summed E-state index contributed by atoms with van der Waals surface area (Å²) in [5.74, 6) is 0.125. The first kappa shape index (κ1) is 16.9. The Balaban J connectivity index is 1.85. The Morgan fingerprint density at radius 2 is 1.92 bits per heavy atom. The molecule has 0 aliphatic carbocycles. The molecule has 2 aromatic rings. The van der Waals surface area contributed by atoms with Gasteiger partial charge in [0.15, 0.2) is 20.8 Å². The van der Waals surface area contributed by atoms with Crippen molar-refractivity contribution < 1.29 is 22.7 Å². The molecule has 7 heteroatoms. The third-order valence-corrected chi connectivity index (χ3v) is 7.12. The van der Waals surface area contributed by atoms with Gasteiger partial charge in [0.05, 0.1) is 12.0 Å². The Labute approximate surface area is 152 Å². The van der Waals surface area contributed by atoms with Gasteiger partial charge in [-0.2, -0.15) is 0 Å². The van der Waals surface area contributed by atoms with Crippen LogP contribution in [-0.4, -0.2) is 32.4 Å². The SMILES string of the molecule is COc1ccc2c(c1)O[C@@]1(C)C[C@H]2[C@H](S(=O)(=O)c2ccccc2)C(=O)N1. The van der Waals surface area contributed by atoms with Gasteiger partial charge in [-0.1, -0.05) is 24.3 Å². The van der Waals surface area contributed by atoms with Gasteiger partial charge in [-0.05, 0) is 30.7 Å². The van der Waals surface area contributed by atoms with E-state index in [4.69, 9.17) is 9.47 Å². The van der Waals surface area contributed by atoms with E-state index in [1.54, 1.807) is 50.4 Å². The molecule has 0 unspecified atom stereocenters. The first-order valence-electron chi connectivity index (χ1n) is 8.32. The number of sulfone groups is 1. The van der Waals surface area contributed by atoms with E-state index in [0.717, 1.165) is 0 Å². The van der Waals surface area contributed by atoms with E-state index in [-0.39, 0.29) is 4.90 Å². The highest BCUT2D eigenvalue weighted by atomic mass is 32.2. The number of nitrogens with one attached hydrogen (secondary N) is 1. The first-order chi connectivity index (χ1) is 12.3. The average Bonchev–Trinajstić information content (AvgIpc) is 2.60. The highest BCUT2D eigenvalue weighted by molar-refractivity contribution is 7.92. The molecule has 6 nitrogen and oxygen atoms in total. The minimum absolute atomic E-state index is 0.144. The number of carbonyl (C=O) groups excluding carboxylic acids is 1. The molecule has 2 heterocycles. The normalized spacial score (nSPS) is 27.1. The van der Waals surface area contributed by atoms with Crippen molar-refractivity contribution in [1.82, 2.24) is 5.32 Å². The van der Waals surface area contributed by atoms with Gasteiger partial charge in [-0.25, -0.2) is 8.42 Å². The summed E-state index contributed by atoms with van der Waals surface area (Å²) in [6.07, 6.45) is 0.384. The van der Waals surface area contributed by atoms with Gasteiger partial charge in [-0.15, -0.1) is 0 Å². The Bertz CT molecular complexity index is 973. The van der Waals surface area contributed by atoms with Crippen LogP contribution in [0.15, 0.2) is 53.4 Å². The second-order valence-corrected chi connectivity index (χ2v) is 8.88. The number of rotatable bonds is 3. The van der Waals surface area contributed by atoms with Crippen LogP contribution in [0.5, 0.6) is 11.5 Å². The summed E-state index contributed by atoms with van der Waals surface area (Å²) in [6.45, 7) is 1.76. The van der Waals surface area contributed by atoms with Crippen LogP contribution in [0.3, 0.4) is 0 Å². The van der Waals surface area contributed by atoms with E-state index in [0.29, 0.717) is 23.5 Å². The van der Waals surface area contributed by atoms with E-state index in [2.05, 4.69) is 5.32 Å². The van der Waals surface area contributed by atoms with Gasteiger partial charge in [0.1, 0.15) is 11.5 Å². The largest absolute Gasteiger partial charge is 0.497 e. The Morgan fingerprint density at radius 1 is 1.19 bits per heavy atom. The Morgan fingerprint density at radius 3 is 2.62 bits per heavy atom. The quantitative estimate of drug-likeness (QED) is 0.892. The van der Waals surface area contributed by atoms with Crippen LogP contribution in [0.1, 0.15) is 24.8 Å². The zero-order chi connectivity index (χ0) is 18.5. The monoisotopic (exact) mass is 373 g/mol. The smallest absolute Gasteiger partial charge is 0.242 e. The highest BCUT2D eigenvalue weighted by Crippen LogP contribution is 2.48. The standard InChI is InChI=1S/C19H19NO5S/c1-19-11-15(14-9-8-12(24-2)10-16(14)25-19)17(18(21)20-19)26(22,23)13-6-4-3-5-7-13/h3-10,15,17H,11H2,1-2H3,(H,20,21)/t15-,17+,19+/m1/s1. The Hall–Kier alpha value is -2.54. The van der Waals surface area contributed by atoms with Crippen LogP contribution in [0.25, 0.3) is 0 Å². The van der Waals surface area contributed by atoms with Crippen molar-refractivity contribution in [2.24, 2.45) is 0 Å². The maximum Gasteiger partial charge on any atom is 0.242 e. The lowest BCUT2D eigenvalue weighted by molar-refractivity contribution is -0.132. The minimum Gasteiger partial charge on any atom is -0.497 e. The predicted molar refractivity (Wildman–Crippen MR) is 94.9 cm³/mol. The molecule has 0 spiro atoms. The van der Waals surface area contributed by atoms with Crippen molar-refractivity contribution in [3.63, 3.8) is 0 Å². The third kappa shape index (κ3) is 2.54. The molecule has 4 rings (SSSR count). The van der Waals surface area contributed by atoms with Gasteiger partial charge in [0.2, 0.25) is 5.91 Å². The van der Waals surface area contributed by atoms with Crippen LogP contribution < -0.4 is 14.8 Å². The fraction of sp³-hybridized carbons (Fsp3) is 0.316. The molecule has 0 radical (unpaired) electrons. The summed E-state index contributed by atoms with van der Waals surface area (Å²) in [6, 6.07) is 13.3. The predicted octanol–water partition coefficient (Wildman–Crippen LogP) is 2.25. The summed E-state index contributed by atoms with van der Waals surface area (Å²) in [4.78, 5) is 12.9. The van der Waals surface area contributed by atoms with E-state index in [1.165, 1.54) is 12.1 Å². The summed E-state index contributed by atoms with van der Waals surface area (Å²) in [5, 5.41) is 1.55. The van der Waals surface area contributed by atoms with Gasteiger partial charge in [-0.3, -0.25) is 4.79 Å². The van der Waals surface area contributed by atoms with Crippen molar-refractivity contribution in [3.05, 3.63) is 54.1 Å². The molecule has 2 bridgehead atoms. The minimum atomic E-state index is -3.85. The number of hydrogen-bond acceptors (Lipinski definition) is 5. The maximum atomic E-state index is 13.2. The fourth-order valence-electron chi connectivity index (χ4n) is 3.83. The van der Waals surface area contributed by atoms with Crippen molar-refractivity contribution in [2.45, 2.75) is 35.1 Å². The first-order valence-corrected chi connectivity index (χ1v) is 9.87. The number of amides is 1. The Kier molecular flexibility index (Phi) is 3.73. The molecule has 2 aromatic carbocycles. The number of fused-ring (bicyclic) bond motifs is 4. The molecule has 2 aliphatic rings. The summed E-state index contributed by atoms with van der Waals surface area (Å²) in [5.41, 5.74) is -0.230. The van der Waals surface area contributed by atoms with Gasteiger partial charge >= 0.3 is 0 Å². The molecule has 1 fully saturated rings. The molecule has 1 amide bonds. The average molecular weight is 373 g/mol. The second-order valence-electron chi connectivity index (χ2n) is 6.82. The van der Waals surface area contributed by atoms with E-state index in [1.807, 2.05) is 0 Å². The number of ether oxygens (including phenoxy) is 2. The maximum absolute atomic E-state index is 13.2. The van der Waals surface area contributed by atoms with Gasteiger partial charge < -0.3 is 14.8 Å². The molecule has 1 saturated heterocycles. The highest BCUT2D eigenvalue weighted by Gasteiger charge is 2.54. The van der Waals surface area contributed by atoms with Crippen molar-refractivity contribution in [1.29, 1.82) is 0 Å². The second kappa shape index (κ2) is 5.74. The van der Waals surface area contributed by atoms with Gasteiger partial charge in [0.25, 0.3) is 0 Å². The molecule has 0 aromatic heterocycles. The number of piperidine rings is 1. The molecule has 1 N–H and O–H groups in total. The zero-order valence-corrected chi connectivity index (χ0v) is 15.2.